The summed E-state index contributed by atoms with van der Waals surface area (Å²) in [5.74, 6) is -1.34. The van der Waals surface area contributed by atoms with E-state index >= 15 is 0 Å². The number of hydrogen-bond acceptors (Lipinski definition) is 5. The predicted octanol–water partition coefficient (Wildman–Crippen LogP) is 2.07. The van der Waals surface area contributed by atoms with Gasteiger partial charge in [0.1, 0.15) is 4.90 Å². The normalized spacial score (nSPS) is 12.6. The van der Waals surface area contributed by atoms with E-state index in [2.05, 4.69) is 19.8 Å². The Hall–Kier alpha value is -2.17. The molecule has 0 aromatic carbocycles. The Morgan fingerprint density at radius 3 is 2.23 bits per heavy atom. The molecule has 0 atom stereocenters. The van der Waals surface area contributed by atoms with Crippen LogP contribution < -0.4 is 4.72 Å². The molecule has 7 nitrogen and oxygen atoms in total. The Labute approximate surface area is 124 Å². The number of rotatable bonds is 4. The smallest absolute Gasteiger partial charge is 0.276 e. The molecule has 0 saturated carbocycles. The highest BCUT2D eigenvalue weighted by molar-refractivity contribution is 7.92. The quantitative estimate of drug-likeness (QED) is 0.924. The second kappa shape index (κ2) is 5.55. The van der Waals surface area contributed by atoms with Crippen LogP contribution in [0, 0.1) is 0 Å². The fourth-order valence-corrected chi connectivity index (χ4v) is 2.45. The molecule has 2 aromatic heterocycles. The van der Waals surface area contributed by atoms with Crippen LogP contribution in [-0.4, -0.2) is 28.2 Å². The fourth-order valence-electron chi connectivity index (χ4n) is 1.48. The molecule has 0 aliphatic heterocycles. The highest BCUT2D eigenvalue weighted by Gasteiger charge is 2.34. The molecule has 0 saturated heterocycles. The van der Waals surface area contributed by atoms with Gasteiger partial charge < -0.3 is 0 Å². The van der Waals surface area contributed by atoms with Crippen LogP contribution in [0.5, 0.6) is 0 Å². The van der Waals surface area contributed by atoms with Gasteiger partial charge in [0.25, 0.3) is 10.0 Å². The summed E-state index contributed by atoms with van der Waals surface area (Å²) in [6, 6.07) is -0.0293. The molecule has 0 bridgehead atoms. The number of sulfonamides is 1. The Morgan fingerprint density at radius 2 is 1.77 bits per heavy atom. The van der Waals surface area contributed by atoms with Crippen molar-refractivity contribution in [2.24, 2.45) is 0 Å². The van der Waals surface area contributed by atoms with E-state index in [9.17, 15) is 21.6 Å². The van der Waals surface area contributed by atoms with E-state index in [1.165, 1.54) is 10.9 Å². The SMILES string of the molecule is CC(C)n1cc(S(=O)(=O)Nc2cnc(C(F)(F)F)nc2)cn1. The third-order valence-electron chi connectivity index (χ3n) is 2.57. The van der Waals surface area contributed by atoms with Crippen LogP contribution >= 0.6 is 0 Å². The predicted molar refractivity (Wildman–Crippen MR) is 70.5 cm³/mol. The van der Waals surface area contributed by atoms with Crippen LogP contribution in [0.3, 0.4) is 0 Å². The van der Waals surface area contributed by atoms with Gasteiger partial charge in [-0.3, -0.25) is 9.40 Å². The second-order valence-corrected chi connectivity index (χ2v) is 6.33. The number of halogens is 3. The molecule has 0 radical (unpaired) electrons. The summed E-state index contributed by atoms with van der Waals surface area (Å²) in [5.41, 5.74) is -0.176. The minimum Gasteiger partial charge on any atom is -0.276 e. The first kappa shape index (κ1) is 16.2. The van der Waals surface area contributed by atoms with Gasteiger partial charge in [0.2, 0.25) is 5.82 Å². The molecule has 120 valence electrons. The zero-order valence-corrected chi connectivity index (χ0v) is 12.4. The minimum atomic E-state index is -4.68. The first-order chi connectivity index (χ1) is 10.1. The van der Waals surface area contributed by atoms with Gasteiger partial charge in [-0.1, -0.05) is 0 Å². The number of nitrogens with one attached hydrogen (secondary N) is 1. The van der Waals surface area contributed by atoms with Gasteiger partial charge in [0, 0.05) is 12.2 Å². The summed E-state index contributed by atoms with van der Waals surface area (Å²) >= 11 is 0. The average molecular weight is 335 g/mol. The van der Waals surface area contributed by atoms with Crippen molar-refractivity contribution in [2.45, 2.75) is 31.0 Å². The van der Waals surface area contributed by atoms with Gasteiger partial charge in [-0.2, -0.15) is 18.3 Å². The third-order valence-corrected chi connectivity index (χ3v) is 3.91. The average Bonchev–Trinajstić information content (AvgIpc) is 2.88. The number of anilines is 1. The monoisotopic (exact) mass is 335 g/mol. The summed E-state index contributed by atoms with van der Waals surface area (Å²) in [4.78, 5) is 6.04. The van der Waals surface area contributed by atoms with Crippen LogP contribution in [0.15, 0.2) is 29.7 Å². The van der Waals surface area contributed by atoms with E-state index in [1.807, 2.05) is 13.8 Å². The standard InChI is InChI=1S/C11H12F3N5O2S/c1-7(2)19-6-9(5-17-19)22(20,21)18-8-3-15-10(16-4-8)11(12,13)14/h3-7,18H,1-2H3. The second-order valence-electron chi connectivity index (χ2n) is 4.65. The van der Waals surface area contributed by atoms with Crippen LogP contribution in [0.25, 0.3) is 0 Å². The number of aromatic nitrogens is 4. The van der Waals surface area contributed by atoms with Gasteiger partial charge in [-0.15, -0.1) is 0 Å². The lowest BCUT2D eigenvalue weighted by Crippen LogP contribution is -2.15. The van der Waals surface area contributed by atoms with Gasteiger partial charge in [-0.05, 0) is 13.8 Å². The van der Waals surface area contributed by atoms with E-state index in [-0.39, 0.29) is 16.6 Å². The van der Waals surface area contributed by atoms with E-state index in [1.54, 1.807) is 0 Å². The number of nitrogens with zero attached hydrogens (tertiary/aromatic N) is 4. The lowest BCUT2D eigenvalue weighted by atomic mass is 10.4. The Balaban J connectivity index is 2.21. The van der Waals surface area contributed by atoms with Crippen molar-refractivity contribution in [1.29, 1.82) is 0 Å². The summed E-state index contributed by atoms with van der Waals surface area (Å²) in [6.45, 7) is 3.64. The van der Waals surface area contributed by atoms with Crippen LogP contribution in [0.4, 0.5) is 18.9 Å². The van der Waals surface area contributed by atoms with Crippen molar-refractivity contribution in [1.82, 2.24) is 19.7 Å². The van der Waals surface area contributed by atoms with Crippen molar-refractivity contribution < 1.29 is 21.6 Å². The molecule has 0 aliphatic rings. The molecule has 0 spiro atoms. The first-order valence-electron chi connectivity index (χ1n) is 6.06. The molecule has 0 fully saturated rings. The molecule has 2 heterocycles. The van der Waals surface area contributed by atoms with Crippen LogP contribution in [0.2, 0.25) is 0 Å². The molecular formula is C11H12F3N5O2S. The van der Waals surface area contributed by atoms with E-state index in [0.29, 0.717) is 0 Å². The molecule has 2 aromatic rings. The lowest BCUT2D eigenvalue weighted by molar-refractivity contribution is -0.144. The summed E-state index contributed by atoms with van der Waals surface area (Å²) in [7, 11) is -3.97. The molecule has 2 rings (SSSR count). The summed E-state index contributed by atoms with van der Waals surface area (Å²) in [5, 5.41) is 3.89. The summed E-state index contributed by atoms with van der Waals surface area (Å²) < 4.78 is 64.7. The Morgan fingerprint density at radius 1 is 1.18 bits per heavy atom. The molecular weight excluding hydrogens is 323 g/mol. The van der Waals surface area contributed by atoms with Crippen LogP contribution in [-0.2, 0) is 16.2 Å². The molecule has 1 N–H and O–H groups in total. The highest BCUT2D eigenvalue weighted by atomic mass is 32.2. The van der Waals surface area contributed by atoms with E-state index in [4.69, 9.17) is 0 Å². The van der Waals surface area contributed by atoms with Gasteiger partial charge in [0.05, 0.1) is 24.3 Å². The van der Waals surface area contributed by atoms with Gasteiger partial charge in [-0.25, -0.2) is 18.4 Å². The van der Waals surface area contributed by atoms with Gasteiger partial charge in [0.15, 0.2) is 0 Å². The largest absolute Gasteiger partial charge is 0.451 e. The maximum absolute atomic E-state index is 12.3. The van der Waals surface area contributed by atoms with Crippen LogP contribution in [0.1, 0.15) is 25.7 Å². The third kappa shape index (κ3) is 3.53. The molecule has 22 heavy (non-hydrogen) atoms. The van der Waals surface area contributed by atoms with Crippen molar-refractivity contribution in [3.63, 3.8) is 0 Å². The maximum atomic E-state index is 12.3. The topological polar surface area (TPSA) is 89.8 Å². The van der Waals surface area contributed by atoms with E-state index < -0.39 is 22.0 Å². The molecule has 0 aliphatic carbocycles. The van der Waals surface area contributed by atoms with Crippen molar-refractivity contribution in [3.05, 3.63) is 30.6 Å². The summed E-state index contributed by atoms with van der Waals surface area (Å²) in [6.07, 6.45) is -0.721. The number of alkyl halides is 3. The van der Waals surface area contributed by atoms with E-state index in [0.717, 1.165) is 18.6 Å². The van der Waals surface area contributed by atoms with Crippen molar-refractivity contribution in [2.75, 3.05) is 4.72 Å². The van der Waals surface area contributed by atoms with Crippen molar-refractivity contribution in [3.8, 4) is 0 Å². The van der Waals surface area contributed by atoms with Crippen molar-refractivity contribution >= 4 is 15.7 Å². The minimum absolute atomic E-state index is 0.0293. The molecule has 0 unspecified atom stereocenters. The first-order valence-corrected chi connectivity index (χ1v) is 7.54. The molecule has 0 amide bonds. The highest BCUT2D eigenvalue weighted by Crippen LogP contribution is 2.26. The zero-order valence-electron chi connectivity index (χ0n) is 11.5. The molecule has 11 heteroatoms. The zero-order chi connectivity index (χ0) is 16.5. The lowest BCUT2D eigenvalue weighted by Gasteiger charge is -2.08. The Bertz CT molecular complexity index is 753. The maximum Gasteiger partial charge on any atom is 0.451 e. The Kier molecular flexibility index (Phi) is 4.09. The number of hydrogen-bond donors (Lipinski definition) is 1. The van der Waals surface area contributed by atoms with Gasteiger partial charge >= 0.3 is 6.18 Å². The fraction of sp³-hybridized carbons (Fsp3) is 0.364.